The van der Waals surface area contributed by atoms with Crippen molar-refractivity contribution in [2.24, 2.45) is 0 Å². The molecule has 4 rings (SSSR count). The lowest BCUT2D eigenvalue weighted by Gasteiger charge is -2.40. The number of carbonyl (C=O) groups is 1. The van der Waals surface area contributed by atoms with E-state index in [1.165, 1.54) is 12.1 Å². The molecular formula is C19H17ClFN3O. The number of benzene rings is 1. The summed E-state index contributed by atoms with van der Waals surface area (Å²) in [5, 5.41) is 1.06. The second-order valence-corrected chi connectivity index (χ2v) is 6.63. The predicted octanol–water partition coefficient (Wildman–Crippen LogP) is 3.80. The number of fused-ring (bicyclic) bond motifs is 3. The molecule has 1 amide bonds. The molecule has 1 aromatic carbocycles. The highest BCUT2D eigenvalue weighted by Crippen LogP contribution is 2.40. The lowest BCUT2D eigenvalue weighted by atomic mass is 9.89. The average molecular weight is 358 g/mol. The summed E-state index contributed by atoms with van der Waals surface area (Å²) in [6.45, 7) is 2.01. The van der Waals surface area contributed by atoms with E-state index < -0.39 is 0 Å². The van der Waals surface area contributed by atoms with Crippen LogP contribution in [0.5, 0.6) is 0 Å². The van der Waals surface area contributed by atoms with Gasteiger partial charge in [-0.25, -0.2) is 9.37 Å². The van der Waals surface area contributed by atoms with Crippen LogP contribution in [0.3, 0.4) is 0 Å². The van der Waals surface area contributed by atoms with Crippen molar-refractivity contribution in [3.8, 4) is 0 Å². The third-order valence-corrected chi connectivity index (χ3v) is 5.05. The number of amides is 1. The summed E-state index contributed by atoms with van der Waals surface area (Å²) in [6, 6.07) is 9.85. The molecular weight excluding hydrogens is 341 g/mol. The number of H-pyrrole nitrogens is 1. The minimum absolute atomic E-state index is 0.0204. The van der Waals surface area contributed by atoms with Gasteiger partial charge in [0.25, 0.3) is 0 Å². The Bertz CT molecular complexity index is 937. The van der Waals surface area contributed by atoms with Crippen LogP contribution in [0, 0.1) is 5.82 Å². The van der Waals surface area contributed by atoms with Gasteiger partial charge in [0.1, 0.15) is 17.3 Å². The number of nitrogens with zero attached hydrogens (tertiary/aromatic N) is 2. The third-order valence-electron chi connectivity index (χ3n) is 4.83. The number of pyridine rings is 1. The van der Waals surface area contributed by atoms with Gasteiger partial charge < -0.3 is 9.88 Å². The van der Waals surface area contributed by atoms with E-state index >= 15 is 0 Å². The van der Waals surface area contributed by atoms with E-state index in [0.29, 0.717) is 0 Å². The first-order chi connectivity index (χ1) is 12.1. The van der Waals surface area contributed by atoms with Crippen molar-refractivity contribution in [3.63, 3.8) is 0 Å². The second-order valence-electron chi connectivity index (χ2n) is 6.36. The zero-order valence-corrected chi connectivity index (χ0v) is 14.4. The Balaban J connectivity index is 1.94. The van der Waals surface area contributed by atoms with Crippen LogP contribution in [-0.4, -0.2) is 32.7 Å². The number of hydrogen-bond donors (Lipinski definition) is 1. The number of nitrogens with one attached hydrogen (secondary N) is 1. The van der Waals surface area contributed by atoms with Gasteiger partial charge >= 0.3 is 0 Å². The summed E-state index contributed by atoms with van der Waals surface area (Å²) >= 11 is 5.86. The Morgan fingerprint density at radius 2 is 2.12 bits per heavy atom. The van der Waals surface area contributed by atoms with Gasteiger partial charge in [0.15, 0.2) is 0 Å². The number of halogens is 2. The molecule has 3 aromatic rings. The quantitative estimate of drug-likeness (QED) is 0.709. The molecule has 3 heterocycles. The normalized spacial score (nSPS) is 19.9. The fourth-order valence-electron chi connectivity index (χ4n) is 3.77. The molecule has 6 heteroatoms. The van der Waals surface area contributed by atoms with E-state index in [9.17, 15) is 9.18 Å². The number of carbonyl (C=O) groups excluding carboxylic acids is 1. The molecule has 1 N–H and O–H groups in total. The van der Waals surface area contributed by atoms with Gasteiger partial charge in [-0.2, -0.15) is 0 Å². The minimum atomic E-state index is -0.334. The van der Waals surface area contributed by atoms with Crippen LogP contribution in [0.1, 0.15) is 29.8 Å². The number of rotatable bonds is 2. The van der Waals surface area contributed by atoms with Crippen molar-refractivity contribution in [2.75, 3.05) is 5.88 Å². The summed E-state index contributed by atoms with van der Waals surface area (Å²) in [6.07, 6.45) is 2.46. The molecule has 4 nitrogen and oxygen atoms in total. The van der Waals surface area contributed by atoms with Crippen LogP contribution in [-0.2, 0) is 11.2 Å². The largest absolute Gasteiger partial charge is 0.341 e. The standard InChI is InChI=1S/C19H17ClFN3O/c1-11-9-15-14-3-2-8-22-19(14)23-17(15)18(24(11)16(25)10-20)12-4-6-13(21)7-5-12/h2-8,11,18H,9-10H2,1H3,(H,22,23)/t11-,18+/m0/s1. The zero-order chi connectivity index (χ0) is 17.6. The fraction of sp³-hybridized carbons (Fsp3) is 0.263. The summed E-state index contributed by atoms with van der Waals surface area (Å²) < 4.78 is 13.4. The Kier molecular flexibility index (Phi) is 3.96. The van der Waals surface area contributed by atoms with Crippen molar-refractivity contribution in [1.29, 1.82) is 0 Å². The van der Waals surface area contributed by atoms with Crippen LogP contribution >= 0.6 is 11.6 Å². The number of hydrogen-bond acceptors (Lipinski definition) is 2. The van der Waals surface area contributed by atoms with Crippen molar-refractivity contribution < 1.29 is 9.18 Å². The summed E-state index contributed by atoms with van der Waals surface area (Å²) in [5.74, 6) is -0.530. The van der Waals surface area contributed by atoms with E-state index in [1.54, 1.807) is 23.2 Å². The molecule has 0 radical (unpaired) electrons. The van der Waals surface area contributed by atoms with Gasteiger partial charge in [-0.3, -0.25) is 4.79 Å². The van der Waals surface area contributed by atoms with Crippen molar-refractivity contribution in [1.82, 2.24) is 14.9 Å². The molecule has 0 saturated carbocycles. The van der Waals surface area contributed by atoms with Crippen molar-refractivity contribution in [2.45, 2.75) is 25.4 Å². The molecule has 0 unspecified atom stereocenters. The maximum Gasteiger partial charge on any atom is 0.238 e. The Hall–Kier alpha value is -2.40. The monoisotopic (exact) mass is 357 g/mol. The fourth-order valence-corrected chi connectivity index (χ4v) is 3.91. The van der Waals surface area contributed by atoms with Crippen LogP contribution < -0.4 is 0 Å². The van der Waals surface area contributed by atoms with E-state index in [2.05, 4.69) is 9.97 Å². The lowest BCUT2D eigenvalue weighted by Crippen LogP contribution is -2.46. The highest BCUT2D eigenvalue weighted by Gasteiger charge is 2.38. The first kappa shape index (κ1) is 16.1. The molecule has 0 spiro atoms. The predicted molar refractivity (Wildman–Crippen MR) is 95.1 cm³/mol. The zero-order valence-electron chi connectivity index (χ0n) is 13.7. The Labute approximate surface area is 149 Å². The highest BCUT2D eigenvalue weighted by molar-refractivity contribution is 6.27. The first-order valence-electron chi connectivity index (χ1n) is 8.18. The van der Waals surface area contributed by atoms with Crippen molar-refractivity contribution >= 4 is 28.5 Å². The molecule has 2 atom stereocenters. The van der Waals surface area contributed by atoms with Gasteiger partial charge in [0.05, 0.1) is 6.04 Å². The minimum Gasteiger partial charge on any atom is -0.341 e. The van der Waals surface area contributed by atoms with E-state index in [0.717, 1.165) is 34.3 Å². The smallest absolute Gasteiger partial charge is 0.238 e. The molecule has 0 saturated heterocycles. The molecule has 2 aromatic heterocycles. The van der Waals surface area contributed by atoms with Crippen LogP contribution in [0.2, 0.25) is 0 Å². The topological polar surface area (TPSA) is 49.0 Å². The van der Waals surface area contributed by atoms with Crippen molar-refractivity contribution in [3.05, 3.63) is 65.2 Å². The van der Waals surface area contributed by atoms with E-state index in [4.69, 9.17) is 11.6 Å². The summed E-state index contributed by atoms with van der Waals surface area (Å²) in [4.78, 5) is 22.1. The molecule has 1 aliphatic rings. The third kappa shape index (κ3) is 2.59. The molecule has 128 valence electrons. The van der Waals surface area contributed by atoms with Gasteiger partial charge in [-0.05, 0) is 48.7 Å². The van der Waals surface area contributed by atoms with Gasteiger partial charge in [-0.15, -0.1) is 11.6 Å². The molecule has 0 aliphatic carbocycles. The molecule has 0 bridgehead atoms. The number of aromatic amines is 1. The second kappa shape index (κ2) is 6.15. The van der Waals surface area contributed by atoms with Crippen LogP contribution in [0.4, 0.5) is 4.39 Å². The highest BCUT2D eigenvalue weighted by atomic mass is 35.5. The number of alkyl halides is 1. The van der Waals surface area contributed by atoms with Gasteiger partial charge in [0.2, 0.25) is 5.91 Å². The molecule has 1 aliphatic heterocycles. The summed E-state index contributed by atoms with van der Waals surface area (Å²) in [7, 11) is 0. The maximum atomic E-state index is 13.4. The molecule has 0 fully saturated rings. The summed E-state index contributed by atoms with van der Waals surface area (Å²) in [5.41, 5.74) is 3.73. The van der Waals surface area contributed by atoms with E-state index in [1.807, 2.05) is 19.1 Å². The first-order valence-corrected chi connectivity index (χ1v) is 8.71. The SMILES string of the molecule is C[C@H]1Cc2c([nH]c3ncccc23)[C@@H](c2ccc(F)cc2)N1C(=O)CCl. The van der Waals surface area contributed by atoms with E-state index in [-0.39, 0.29) is 29.7 Å². The van der Waals surface area contributed by atoms with Crippen LogP contribution in [0.25, 0.3) is 11.0 Å². The average Bonchev–Trinajstić information content (AvgIpc) is 2.99. The maximum absolute atomic E-state index is 13.4. The van der Waals surface area contributed by atoms with Crippen LogP contribution in [0.15, 0.2) is 42.6 Å². The lowest BCUT2D eigenvalue weighted by molar-refractivity contribution is -0.133. The van der Waals surface area contributed by atoms with Gasteiger partial charge in [-0.1, -0.05) is 12.1 Å². The Morgan fingerprint density at radius 3 is 2.84 bits per heavy atom. The van der Waals surface area contributed by atoms with Gasteiger partial charge in [0, 0.05) is 23.3 Å². The Morgan fingerprint density at radius 1 is 1.36 bits per heavy atom. The molecule has 25 heavy (non-hydrogen) atoms. The number of aromatic nitrogens is 2.